The van der Waals surface area contributed by atoms with Gasteiger partial charge in [-0.1, -0.05) is 51.1 Å². The molecule has 1 aromatic rings. The molecule has 1 fully saturated rings. The Kier molecular flexibility index (Phi) is 4.89. The van der Waals surface area contributed by atoms with E-state index in [-0.39, 0.29) is 29.6 Å². The van der Waals surface area contributed by atoms with Gasteiger partial charge < -0.3 is 18.6 Å². The van der Waals surface area contributed by atoms with Crippen molar-refractivity contribution in [3.63, 3.8) is 0 Å². The smallest absolute Gasteiger partial charge is 0.193 e. The van der Waals surface area contributed by atoms with E-state index in [0.717, 1.165) is 5.56 Å². The van der Waals surface area contributed by atoms with Crippen LogP contribution in [0.1, 0.15) is 32.6 Å². The Labute approximate surface area is 145 Å². The van der Waals surface area contributed by atoms with Crippen molar-refractivity contribution in [2.24, 2.45) is 0 Å². The molecule has 1 saturated heterocycles. The minimum atomic E-state index is -1.90. The van der Waals surface area contributed by atoms with Crippen LogP contribution < -0.4 is 0 Å². The van der Waals surface area contributed by atoms with Crippen molar-refractivity contribution in [2.75, 3.05) is 6.61 Å². The van der Waals surface area contributed by atoms with E-state index in [9.17, 15) is 0 Å². The fourth-order valence-corrected chi connectivity index (χ4v) is 3.94. The second kappa shape index (κ2) is 6.63. The van der Waals surface area contributed by atoms with E-state index in [1.165, 1.54) is 0 Å². The Balaban J connectivity index is 1.76. The molecule has 2 aliphatic rings. The van der Waals surface area contributed by atoms with Crippen LogP contribution in [-0.4, -0.2) is 33.2 Å². The van der Waals surface area contributed by atoms with Gasteiger partial charge in [0.05, 0.1) is 19.0 Å². The van der Waals surface area contributed by atoms with Gasteiger partial charge >= 0.3 is 0 Å². The molecule has 1 aromatic carbocycles. The molecular formula is C19H28O4Si. The molecule has 0 saturated carbocycles. The first kappa shape index (κ1) is 17.7. The molecule has 132 valence electrons. The van der Waals surface area contributed by atoms with Gasteiger partial charge in [0.1, 0.15) is 6.10 Å². The van der Waals surface area contributed by atoms with Gasteiger partial charge in [0.2, 0.25) is 0 Å². The number of benzene rings is 1. The third-order valence-electron chi connectivity index (χ3n) is 5.21. The molecule has 4 nitrogen and oxygen atoms in total. The highest BCUT2D eigenvalue weighted by Crippen LogP contribution is 2.40. The highest BCUT2D eigenvalue weighted by molar-refractivity contribution is 6.74. The van der Waals surface area contributed by atoms with Crippen molar-refractivity contribution in [2.45, 2.75) is 63.5 Å². The van der Waals surface area contributed by atoms with Crippen LogP contribution in [0.15, 0.2) is 42.7 Å². The second-order valence-electron chi connectivity index (χ2n) is 8.02. The van der Waals surface area contributed by atoms with E-state index >= 15 is 0 Å². The van der Waals surface area contributed by atoms with E-state index in [1.807, 2.05) is 36.4 Å². The molecule has 2 aliphatic heterocycles. The van der Waals surface area contributed by atoms with Crippen LogP contribution in [0.4, 0.5) is 0 Å². The first-order chi connectivity index (χ1) is 11.3. The molecule has 24 heavy (non-hydrogen) atoms. The van der Waals surface area contributed by atoms with E-state index < -0.39 is 8.32 Å². The van der Waals surface area contributed by atoms with Crippen LogP contribution in [0, 0.1) is 0 Å². The predicted molar refractivity (Wildman–Crippen MR) is 96.1 cm³/mol. The fourth-order valence-electron chi connectivity index (χ4n) is 2.69. The lowest BCUT2D eigenvalue weighted by Crippen LogP contribution is -2.54. The number of ether oxygens (including phenoxy) is 3. The highest BCUT2D eigenvalue weighted by atomic mass is 28.4. The van der Waals surface area contributed by atoms with E-state index in [0.29, 0.717) is 6.61 Å². The van der Waals surface area contributed by atoms with E-state index in [1.54, 1.807) is 6.26 Å². The predicted octanol–water partition coefficient (Wildman–Crippen LogP) is 4.40. The van der Waals surface area contributed by atoms with Crippen LogP contribution in [0.5, 0.6) is 0 Å². The summed E-state index contributed by atoms with van der Waals surface area (Å²) in [5, 5.41) is 0.151. The molecule has 0 bridgehead atoms. The van der Waals surface area contributed by atoms with Gasteiger partial charge in [0.25, 0.3) is 0 Å². The largest absolute Gasteiger partial charge is 0.493 e. The van der Waals surface area contributed by atoms with Gasteiger partial charge in [-0.2, -0.15) is 0 Å². The summed E-state index contributed by atoms with van der Waals surface area (Å²) < 4.78 is 24.4. The van der Waals surface area contributed by atoms with Crippen molar-refractivity contribution in [3.8, 4) is 0 Å². The van der Waals surface area contributed by atoms with Crippen molar-refractivity contribution >= 4 is 8.32 Å². The number of fused-ring (bicyclic) bond motifs is 1. The second-order valence-corrected chi connectivity index (χ2v) is 12.8. The Morgan fingerprint density at radius 2 is 1.83 bits per heavy atom. The Hall–Kier alpha value is -1.14. The standard InChI is InChI=1S/C19H28O4Si/c1-19(2,3)24(4,5)23-15-11-12-20-16-13-21-18(22-17(15)16)14-9-7-6-8-10-14/h6-12,15-18H,13H2,1-5H3/t15-,16-,17+,18-/m1/s1. The van der Waals surface area contributed by atoms with Crippen LogP contribution in [0.3, 0.4) is 0 Å². The van der Waals surface area contributed by atoms with Crippen LogP contribution >= 0.6 is 0 Å². The Bertz CT molecular complexity index is 579. The summed E-state index contributed by atoms with van der Waals surface area (Å²) in [5.41, 5.74) is 1.02. The number of rotatable bonds is 3. The van der Waals surface area contributed by atoms with E-state index in [2.05, 4.69) is 33.9 Å². The zero-order valence-electron chi connectivity index (χ0n) is 15.2. The van der Waals surface area contributed by atoms with Gasteiger partial charge in [-0.3, -0.25) is 0 Å². The quantitative estimate of drug-likeness (QED) is 0.759. The molecule has 0 N–H and O–H groups in total. The van der Waals surface area contributed by atoms with Gasteiger partial charge in [-0.05, 0) is 24.2 Å². The first-order valence-corrected chi connectivity index (χ1v) is 11.5. The van der Waals surface area contributed by atoms with Gasteiger partial charge in [-0.25, -0.2) is 0 Å². The molecular weight excluding hydrogens is 320 g/mol. The molecule has 0 aliphatic carbocycles. The minimum Gasteiger partial charge on any atom is -0.493 e. The van der Waals surface area contributed by atoms with Crippen molar-refractivity contribution in [1.29, 1.82) is 0 Å². The maximum absolute atomic E-state index is 6.59. The van der Waals surface area contributed by atoms with Crippen LogP contribution in [-0.2, 0) is 18.6 Å². The Morgan fingerprint density at radius 1 is 1.12 bits per heavy atom. The lowest BCUT2D eigenvalue weighted by molar-refractivity contribution is -0.274. The van der Waals surface area contributed by atoms with E-state index in [4.69, 9.17) is 18.6 Å². The normalized spacial score (nSPS) is 30.5. The van der Waals surface area contributed by atoms with Gasteiger partial charge in [0.15, 0.2) is 20.7 Å². The SMILES string of the molecule is CC(C)(C)[Si](C)(C)O[C@@H]1C=CO[C@@H]2CO[C@@H](c3ccccc3)O[C@@H]12. The maximum Gasteiger partial charge on any atom is 0.193 e. The molecule has 4 atom stereocenters. The average molecular weight is 349 g/mol. The summed E-state index contributed by atoms with van der Waals surface area (Å²) in [6.45, 7) is 11.8. The lowest BCUT2D eigenvalue weighted by atomic mass is 10.0. The highest BCUT2D eigenvalue weighted by Gasteiger charge is 2.45. The molecule has 3 rings (SSSR count). The number of hydrogen-bond donors (Lipinski definition) is 0. The van der Waals surface area contributed by atoms with Crippen molar-refractivity contribution < 1.29 is 18.6 Å². The molecule has 0 radical (unpaired) electrons. The van der Waals surface area contributed by atoms with Crippen molar-refractivity contribution in [3.05, 3.63) is 48.2 Å². The zero-order chi connectivity index (χ0) is 17.4. The summed E-state index contributed by atoms with van der Waals surface area (Å²) in [7, 11) is -1.90. The summed E-state index contributed by atoms with van der Waals surface area (Å²) in [6.07, 6.45) is 2.98. The molecule has 0 spiro atoms. The van der Waals surface area contributed by atoms with Crippen LogP contribution in [0.25, 0.3) is 0 Å². The third-order valence-corrected chi connectivity index (χ3v) is 9.69. The van der Waals surface area contributed by atoms with Gasteiger partial charge in [-0.15, -0.1) is 0 Å². The fraction of sp³-hybridized carbons (Fsp3) is 0.579. The summed E-state index contributed by atoms with van der Waals surface area (Å²) in [5.74, 6) is 0. The molecule has 0 unspecified atom stereocenters. The zero-order valence-corrected chi connectivity index (χ0v) is 16.2. The third kappa shape index (κ3) is 3.59. The topological polar surface area (TPSA) is 36.9 Å². The maximum atomic E-state index is 6.59. The molecule has 0 amide bonds. The van der Waals surface area contributed by atoms with Gasteiger partial charge in [0, 0.05) is 5.56 Å². The molecule has 2 heterocycles. The minimum absolute atomic E-state index is 0.0975. The van der Waals surface area contributed by atoms with Crippen molar-refractivity contribution in [1.82, 2.24) is 0 Å². The molecule has 0 aromatic heterocycles. The summed E-state index contributed by atoms with van der Waals surface area (Å²) >= 11 is 0. The summed E-state index contributed by atoms with van der Waals surface area (Å²) in [4.78, 5) is 0. The first-order valence-electron chi connectivity index (χ1n) is 8.60. The monoisotopic (exact) mass is 348 g/mol. The average Bonchev–Trinajstić information content (AvgIpc) is 2.54. The lowest BCUT2D eigenvalue weighted by Gasteiger charge is -2.45. The molecule has 5 heteroatoms. The summed E-state index contributed by atoms with van der Waals surface area (Å²) in [6, 6.07) is 10.0. The number of hydrogen-bond acceptors (Lipinski definition) is 4. The Morgan fingerprint density at radius 3 is 2.50 bits per heavy atom. The van der Waals surface area contributed by atoms with Crippen LogP contribution in [0.2, 0.25) is 18.1 Å².